The van der Waals surface area contributed by atoms with E-state index in [4.69, 9.17) is 4.74 Å². The average Bonchev–Trinajstić information content (AvgIpc) is 2.95. The molecule has 5 nitrogen and oxygen atoms in total. The lowest BCUT2D eigenvalue weighted by Crippen LogP contribution is -2.14. The van der Waals surface area contributed by atoms with Gasteiger partial charge in [-0.2, -0.15) is 5.10 Å². The van der Waals surface area contributed by atoms with Crippen molar-refractivity contribution in [1.82, 2.24) is 9.78 Å². The fourth-order valence-electron chi connectivity index (χ4n) is 2.61. The molecule has 0 unspecified atom stereocenters. The Kier molecular flexibility index (Phi) is 5.14. The van der Waals surface area contributed by atoms with Crippen molar-refractivity contribution in [2.75, 3.05) is 11.9 Å². The van der Waals surface area contributed by atoms with Gasteiger partial charge in [0.15, 0.2) is 5.82 Å². The quantitative estimate of drug-likeness (QED) is 0.743. The smallest absolute Gasteiger partial charge is 0.260 e. The number of anilines is 1. The number of carbonyl (C=O) groups excluding carboxylic acids is 1. The van der Waals surface area contributed by atoms with Crippen LogP contribution in [0.4, 0.5) is 5.82 Å². The van der Waals surface area contributed by atoms with Gasteiger partial charge in [0.25, 0.3) is 5.91 Å². The number of aromatic nitrogens is 2. The van der Waals surface area contributed by atoms with E-state index in [1.807, 2.05) is 54.9 Å². The summed E-state index contributed by atoms with van der Waals surface area (Å²) in [5.41, 5.74) is 2.64. The highest BCUT2D eigenvalue weighted by atomic mass is 16.5. The van der Waals surface area contributed by atoms with Gasteiger partial charge in [0, 0.05) is 11.8 Å². The standard InChI is InChI=1S/C20H21N3O2/c1-3-25-18-12-8-7-11-17(18)20(24)21-19-13-15(2)23(22-19)14-16-9-5-4-6-10-16/h4-13H,3,14H2,1-2H3,(H,21,22,24). The minimum atomic E-state index is -0.228. The largest absolute Gasteiger partial charge is 0.493 e. The van der Waals surface area contributed by atoms with Crippen LogP contribution < -0.4 is 10.1 Å². The number of rotatable bonds is 6. The molecule has 0 spiro atoms. The van der Waals surface area contributed by atoms with Gasteiger partial charge in [0.1, 0.15) is 5.75 Å². The third kappa shape index (κ3) is 4.07. The number of hydrogen-bond donors (Lipinski definition) is 1. The molecule has 0 aliphatic rings. The number of nitrogens with zero attached hydrogens (tertiary/aromatic N) is 2. The minimum Gasteiger partial charge on any atom is -0.493 e. The van der Waals surface area contributed by atoms with Crippen LogP contribution in [0.3, 0.4) is 0 Å². The molecule has 1 amide bonds. The number of carbonyl (C=O) groups is 1. The van der Waals surface area contributed by atoms with Crippen LogP contribution in [0.5, 0.6) is 5.75 Å². The van der Waals surface area contributed by atoms with Gasteiger partial charge in [-0.1, -0.05) is 42.5 Å². The average molecular weight is 335 g/mol. The highest BCUT2D eigenvalue weighted by Crippen LogP contribution is 2.20. The second-order valence-electron chi connectivity index (χ2n) is 5.70. The topological polar surface area (TPSA) is 56.1 Å². The Labute approximate surface area is 147 Å². The summed E-state index contributed by atoms with van der Waals surface area (Å²) in [5, 5.41) is 7.34. The number of aryl methyl sites for hydroxylation is 1. The zero-order chi connectivity index (χ0) is 17.6. The Bertz CT molecular complexity index is 856. The van der Waals surface area contributed by atoms with E-state index < -0.39 is 0 Å². The van der Waals surface area contributed by atoms with Gasteiger partial charge >= 0.3 is 0 Å². The van der Waals surface area contributed by atoms with Crippen molar-refractivity contribution in [3.8, 4) is 5.75 Å². The number of amides is 1. The Morgan fingerprint density at radius 3 is 2.60 bits per heavy atom. The molecule has 1 aromatic heterocycles. The zero-order valence-corrected chi connectivity index (χ0v) is 14.4. The highest BCUT2D eigenvalue weighted by molar-refractivity contribution is 6.05. The van der Waals surface area contributed by atoms with Crippen molar-refractivity contribution >= 4 is 11.7 Å². The first kappa shape index (κ1) is 16.8. The van der Waals surface area contributed by atoms with Gasteiger partial charge in [-0.15, -0.1) is 0 Å². The highest BCUT2D eigenvalue weighted by Gasteiger charge is 2.14. The molecule has 0 saturated carbocycles. The molecule has 128 valence electrons. The molecule has 0 bridgehead atoms. The van der Waals surface area contributed by atoms with Crippen molar-refractivity contribution in [2.24, 2.45) is 0 Å². The maximum atomic E-state index is 12.5. The molecular weight excluding hydrogens is 314 g/mol. The number of para-hydroxylation sites is 1. The van der Waals surface area contributed by atoms with E-state index in [2.05, 4.69) is 22.5 Å². The van der Waals surface area contributed by atoms with Crippen LogP contribution in [0.1, 0.15) is 28.5 Å². The molecule has 0 atom stereocenters. The van der Waals surface area contributed by atoms with E-state index in [-0.39, 0.29) is 5.91 Å². The normalized spacial score (nSPS) is 10.5. The Morgan fingerprint density at radius 1 is 1.12 bits per heavy atom. The molecule has 5 heteroatoms. The first-order valence-electron chi connectivity index (χ1n) is 8.29. The van der Waals surface area contributed by atoms with E-state index >= 15 is 0 Å². The lowest BCUT2D eigenvalue weighted by atomic mass is 10.2. The predicted molar refractivity (Wildman–Crippen MR) is 98.1 cm³/mol. The predicted octanol–water partition coefficient (Wildman–Crippen LogP) is 3.89. The van der Waals surface area contributed by atoms with Crippen LogP contribution in [0.15, 0.2) is 60.7 Å². The van der Waals surface area contributed by atoms with Crippen molar-refractivity contribution < 1.29 is 9.53 Å². The monoisotopic (exact) mass is 335 g/mol. The summed E-state index contributed by atoms with van der Waals surface area (Å²) in [5.74, 6) is 0.876. The van der Waals surface area contributed by atoms with Gasteiger partial charge < -0.3 is 10.1 Å². The third-order valence-corrected chi connectivity index (χ3v) is 3.83. The van der Waals surface area contributed by atoms with Crippen LogP contribution in [-0.2, 0) is 6.54 Å². The molecule has 0 saturated heterocycles. The molecule has 1 heterocycles. The Balaban J connectivity index is 1.75. The summed E-state index contributed by atoms with van der Waals surface area (Å²) >= 11 is 0. The summed E-state index contributed by atoms with van der Waals surface area (Å²) in [4.78, 5) is 12.5. The maximum Gasteiger partial charge on any atom is 0.260 e. The summed E-state index contributed by atoms with van der Waals surface area (Å²) < 4.78 is 7.39. The molecule has 0 fully saturated rings. The number of hydrogen-bond acceptors (Lipinski definition) is 3. The lowest BCUT2D eigenvalue weighted by molar-refractivity contribution is 0.102. The Morgan fingerprint density at radius 2 is 1.84 bits per heavy atom. The van der Waals surface area contributed by atoms with Crippen molar-refractivity contribution in [1.29, 1.82) is 0 Å². The second kappa shape index (κ2) is 7.66. The lowest BCUT2D eigenvalue weighted by Gasteiger charge is -2.09. The number of ether oxygens (including phenoxy) is 1. The van der Waals surface area contributed by atoms with Crippen molar-refractivity contribution in [2.45, 2.75) is 20.4 Å². The molecule has 2 aromatic carbocycles. The van der Waals surface area contributed by atoms with Crippen LogP contribution in [0.25, 0.3) is 0 Å². The molecule has 25 heavy (non-hydrogen) atoms. The number of nitrogens with one attached hydrogen (secondary N) is 1. The third-order valence-electron chi connectivity index (χ3n) is 3.83. The van der Waals surface area contributed by atoms with Gasteiger partial charge in [-0.3, -0.25) is 9.48 Å². The zero-order valence-electron chi connectivity index (χ0n) is 14.4. The molecule has 3 aromatic rings. The molecule has 0 aliphatic heterocycles. The first-order valence-corrected chi connectivity index (χ1v) is 8.29. The first-order chi connectivity index (χ1) is 12.2. The van der Waals surface area contributed by atoms with E-state index in [1.54, 1.807) is 12.1 Å². The van der Waals surface area contributed by atoms with E-state index in [0.717, 1.165) is 11.3 Å². The van der Waals surface area contributed by atoms with Crippen LogP contribution in [0.2, 0.25) is 0 Å². The van der Waals surface area contributed by atoms with Crippen LogP contribution in [-0.4, -0.2) is 22.3 Å². The molecule has 3 rings (SSSR count). The molecule has 1 N–H and O–H groups in total. The van der Waals surface area contributed by atoms with Gasteiger partial charge in [-0.25, -0.2) is 0 Å². The second-order valence-corrected chi connectivity index (χ2v) is 5.70. The van der Waals surface area contributed by atoms with Gasteiger partial charge in [0.05, 0.1) is 18.7 Å². The SMILES string of the molecule is CCOc1ccccc1C(=O)Nc1cc(C)n(Cc2ccccc2)n1. The van der Waals surface area contributed by atoms with Crippen LogP contribution in [0, 0.1) is 6.92 Å². The molecule has 0 radical (unpaired) electrons. The van der Waals surface area contributed by atoms with Crippen molar-refractivity contribution in [3.63, 3.8) is 0 Å². The van der Waals surface area contributed by atoms with Crippen molar-refractivity contribution in [3.05, 3.63) is 77.5 Å². The van der Waals surface area contributed by atoms with E-state index in [9.17, 15) is 4.79 Å². The fraction of sp³-hybridized carbons (Fsp3) is 0.200. The summed E-state index contributed by atoms with van der Waals surface area (Å²) in [7, 11) is 0. The minimum absolute atomic E-state index is 0.228. The van der Waals surface area contributed by atoms with Gasteiger partial charge in [-0.05, 0) is 31.5 Å². The maximum absolute atomic E-state index is 12.5. The van der Waals surface area contributed by atoms with Gasteiger partial charge in [0.2, 0.25) is 0 Å². The summed E-state index contributed by atoms with van der Waals surface area (Å²) in [6, 6.07) is 19.2. The number of benzene rings is 2. The molecular formula is C20H21N3O2. The Hall–Kier alpha value is -3.08. The van der Waals surface area contributed by atoms with E-state index in [1.165, 1.54) is 0 Å². The van der Waals surface area contributed by atoms with Crippen LogP contribution >= 0.6 is 0 Å². The fourth-order valence-corrected chi connectivity index (χ4v) is 2.61. The summed E-state index contributed by atoms with van der Waals surface area (Å²) in [6.45, 7) is 5.04. The molecule has 0 aliphatic carbocycles. The summed E-state index contributed by atoms with van der Waals surface area (Å²) in [6.07, 6.45) is 0. The van der Waals surface area contributed by atoms with E-state index in [0.29, 0.717) is 30.3 Å².